The summed E-state index contributed by atoms with van der Waals surface area (Å²) >= 11 is 0. The van der Waals surface area contributed by atoms with Gasteiger partial charge in [0.05, 0.1) is 12.1 Å². The van der Waals surface area contributed by atoms with E-state index >= 15 is 0 Å². The van der Waals surface area contributed by atoms with Gasteiger partial charge in [-0.25, -0.2) is 4.79 Å². The number of carbonyl (C=O) groups is 3. The average Bonchev–Trinajstić information content (AvgIpc) is 2.64. The fourth-order valence-electron chi connectivity index (χ4n) is 2.74. The lowest BCUT2D eigenvalue weighted by atomic mass is 10.1. The number of nitrogens with one attached hydrogen (secondary N) is 2. The minimum atomic E-state index is -1.01. The molecule has 148 valence electrons. The number of para-hydroxylation sites is 1. The van der Waals surface area contributed by atoms with Crippen molar-refractivity contribution in [3.63, 3.8) is 0 Å². The second-order valence-electron chi connectivity index (χ2n) is 6.90. The highest BCUT2D eigenvalue weighted by Crippen LogP contribution is 2.19. The second kappa shape index (κ2) is 9.17. The third-order valence-electron chi connectivity index (χ3n) is 4.43. The van der Waals surface area contributed by atoms with Crippen LogP contribution in [0.4, 0.5) is 5.69 Å². The third-order valence-corrected chi connectivity index (χ3v) is 4.43. The summed E-state index contributed by atoms with van der Waals surface area (Å²) in [6, 6.07) is 11.2. The van der Waals surface area contributed by atoms with Crippen LogP contribution < -0.4 is 10.6 Å². The average molecular weight is 382 g/mol. The standard InChI is InChI=1S/C22H26N2O4/c1-13-9-10-14(2)18(11-13)22(27)28-17(5)21(26)23-12-19(25)24-20-15(3)7-6-8-16(20)4/h6-11,17H,12H2,1-5H3,(H,23,26)(H,24,25). The van der Waals surface area contributed by atoms with Crippen molar-refractivity contribution in [3.8, 4) is 0 Å². The first kappa shape index (κ1) is 21.2. The van der Waals surface area contributed by atoms with Crippen molar-refractivity contribution in [1.82, 2.24) is 5.32 Å². The van der Waals surface area contributed by atoms with Crippen LogP contribution in [-0.4, -0.2) is 30.4 Å². The maximum atomic E-state index is 12.3. The molecule has 0 aromatic heterocycles. The van der Waals surface area contributed by atoms with Gasteiger partial charge in [-0.3, -0.25) is 9.59 Å². The van der Waals surface area contributed by atoms with Crippen LogP contribution in [0, 0.1) is 27.7 Å². The Bertz CT molecular complexity index is 885. The number of esters is 1. The van der Waals surface area contributed by atoms with Crippen molar-refractivity contribution in [1.29, 1.82) is 0 Å². The minimum Gasteiger partial charge on any atom is -0.449 e. The zero-order chi connectivity index (χ0) is 20.8. The molecule has 28 heavy (non-hydrogen) atoms. The Balaban J connectivity index is 1.89. The molecule has 1 unspecified atom stereocenters. The van der Waals surface area contributed by atoms with Crippen LogP contribution in [0.15, 0.2) is 36.4 Å². The van der Waals surface area contributed by atoms with E-state index in [0.717, 1.165) is 27.9 Å². The molecule has 0 saturated heterocycles. The van der Waals surface area contributed by atoms with Crippen molar-refractivity contribution in [2.45, 2.75) is 40.7 Å². The molecule has 2 amide bonds. The molecule has 0 aliphatic carbocycles. The van der Waals surface area contributed by atoms with Crippen molar-refractivity contribution in [2.75, 3.05) is 11.9 Å². The van der Waals surface area contributed by atoms with E-state index in [4.69, 9.17) is 4.74 Å². The van der Waals surface area contributed by atoms with Crippen molar-refractivity contribution in [3.05, 3.63) is 64.2 Å². The van der Waals surface area contributed by atoms with Gasteiger partial charge in [-0.2, -0.15) is 0 Å². The van der Waals surface area contributed by atoms with Gasteiger partial charge in [-0.05, 0) is 57.4 Å². The van der Waals surface area contributed by atoms with Crippen LogP contribution in [-0.2, 0) is 14.3 Å². The van der Waals surface area contributed by atoms with Gasteiger partial charge in [-0.15, -0.1) is 0 Å². The number of carbonyl (C=O) groups excluding carboxylic acids is 3. The summed E-state index contributed by atoms with van der Waals surface area (Å²) in [4.78, 5) is 36.6. The number of hydrogen-bond donors (Lipinski definition) is 2. The molecule has 2 aromatic carbocycles. The van der Waals surface area contributed by atoms with Crippen LogP contribution in [0.25, 0.3) is 0 Å². The smallest absolute Gasteiger partial charge is 0.339 e. The maximum Gasteiger partial charge on any atom is 0.339 e. The lowest BCUT2D eigenvalue weighted by Gasteiger charge is -2.15. The van der Waals surface area contributed by atoms with Gasteiger partial charge in [0.25, 0.3) is 5.91 Å². The molecule has 2 rings (SSSR count). The monoisotopic (exact) mass is 382 g/mol. The highest BCUT2D eigenvalue weighted by molar-refractivity contribution is 5.97. The lowest BCUT2D eigenvalue weighted by molar-refractivity contribution is -0.130. The van der Waals surface area contributed by atoms with E-state index in [2.05, 4.69) is 10.6 Å². The molecule has 0 fully saturated rings. The summed E-state index contributed by atoms with van der Waals surface area (Å²) < 4.78 is 5.24. The number of anilines is 1. The molecule has 0 radical (unpaired) electrons. The zero-order valence-electron chi connectivity index (χ0n) is 16.9. The van der Waals surface area contributed by atoms with Gasteiger partial charge in [0.1, 0.15) is 0 Å². The molecular formula is C22H26N2O4. The van der Waals surface area contributed by atoms with Crippen LogP contribution in [0.1, 0.15) is 39.5 Å². The number of ether oxygens (including phenoxy) is 1. The van der Waals surface area contributed by atoms with E-state index in [0.29, 0.717) is 5.56 Å². The quantitative estimate of drug-likeness (QED) is 0.752. The molecule has 0 spiro atoms. The van der Waals surface area contributed by atoms with Crippen molar-refractivity contribution >= 4 is 23.5 Å². The van der Waals surface area contributed by atoms with Gasteiger partial charge in [0, 0.05) is 5.69 Å². The minimum absolute atomic E-state index is 0.210. The van der Waals surface area contributed by atoms with E-state index in [9.17, 15) is 14.4 Å². The van der Waals surface area contributed by atoms with Crippen molar-refractivity contribution in [2.24, 2.45) is 0 Å². The van der Waals surface area contributed by atoms with Crippen LogP contribution in [0.3, 0.4) is 0 Å². The molecule has 0 bridgehead atoms. The number of rotatable bonds is 6. The van der Waals surface area contributed by atoms with Crippen LogP contribution in [0.5, 0.6) is 0 Å². The predicted octanol–water partition coefficient (Wildman–Crippen LogP) is 3.22. The SMILES string of the molecule is Cc1ccc(C)c(C(=O)OC(C)C(=O)NCC(=O)Nc2c(C)cccc2C)c1. The Morgan fingerprint density at radius 3 is 2.25 bits per heavy atom. The molecule has 6 nitrogen and oxygen atoms in total. The number of benzene rings is 2. The highest BCUT2D eigenvalue weighted by atomic mass is 16.5. The topological polar surface area (TPSA) is 84.5 Å². The van der Waals surface area contributed by atoms with E-state index in [1.165, 1.54) is 6.92 Å². The Morgan fingerprint density at radius 1 is 0.964 bits per heavy atom. The molecule has 0 aliphatic rings. The fraction of sp³-hybridized carbons (Fsp3) is 0.318. The number of aryl methyl sites for hydroxylation is 4. The molecule has 1 atom stereocenters. The molecule has 0 saturated carbocycles. The first-order valence-electron chi connectivity index (χ1n) is 9.11. The molecule has 2 N–H and O–H groups in total. The summed E-state index contributed by atoms with van der Waals surface area (Å²) in [6.45, 7) is 8.74. The third kappa shape index (κ3) is 5.42. The lowest BCUT2D eigenvalue weighted by Crippen LogP contribution is -2.40. The Morgan fingerprint density at radius 2 is 1.61 bits per heavy atom. The second-order valence-corrected chi connectivity index (χ2v) is 6.90. The van der Waals surface area contributed by atoms with Crippen LogP contribution >= 0.6 is 0 Å². The fourth-order valence-corrected chi connectivity index (χ4v) is 2.74. The maximum absolute atomic E-state index is 12.3. The van der Waals surface area contributed by atoms with Gasteiger partial charge < -0.3 is 15.4 Å². The van der Waals surface area contributed by atoms with E-state index in [-0.39, 0.29) is 12.5 Å². The van der Waals surface area contributed by atoms with Gasteiger partial charge in [-0.1, -0.05) is 35.9 Å². The first-order valence-corrected chi connectivity index (χ1v) is 9.11. The number of amides is 2. The summed E-state index contributed by atoms with van der Waals surface area (Å²) in [5.74, 6) is -1.45. The Kier molecular flexibility index (Phi) is 6.93. The number of hydrogen-bond acceptors (Lipinski definition) is 4. The van der Waals surface area contributed by atoms with E-state index in [1.54, 1.807) is 13.0 Å². The summed E-state index contributed by atoms with van der Waals surface area (Å²) in [5.41, 5.74) is 4.74. The Hall–Kier alpha value is -3.15. The zero-order valence-corrected chi connectivity index (χ0v) is 16.9. The molecular weight excluding hydrogens is 356 g/mol. The van der Waals surface area contributed by atoms with E-state index in [1.807, 2.05) is 51.1 Å². The van der Waals surface area contributed by atoms with Gasteiger partial charge in [0.15, 0.2) is 6.10 Å². The largest absolute Gasteiger partial charge is 0.449 e. The molecule has 0 heterocycles. The molecule has 2 aromatic rings. The first-order chi connectivity index (χ1) is 13.2. The highest BCUT2D eigenvalue weighted by Gasteiger charge is 2.20. The summed E-state index contributed by atoms with van der Waals surface area (Å²) in [5, 5.41) is 5.29. The van der Waals surface area contributed by atoms with Gasteiger partial charge in [0.2, 0.25) is 5.91 Å². The molecule has 6 heteroatoms. The normalized spacial score (nSPS) is 11.5. The summed E-state index contributed by atoms with van der Waals surface area (Å²) in [7, 11) is 0. The summed E-state index contributed by atoms with van der Waals surface area (Å²) in [6.07, 6.45) is -1.01. The molecule has 0 aliphatic heterocycles. The van der Waals surface area contributed by atoms with Crippen LogP contribution in [0.2, 0.25) is 0 Å². The van der Waals surface area contributed by atoms with E-state index < -0.39 is 18.0 Å². The predicted molar refractivity (Wildman–Crippen MR) is 108 cm³/mol. The van der Waals surface area contributed by atoms with Crippen molar-refractivity contribution < 1.29 is 19.1 Å². The van der Waals surface area contributed by atoms with Gasteiger partial charge >= 0.3 is 5.97 Å². The Labute approximate surface area is 165 Å².